The van der Waals surface area contributed by atoms with Gasteiger partial charge in [0.25, 0.3) is 2.86 Å². The van der Waals surface area contributed by atoms with Crippen LogP contribution in [0.5, 0.6) is 0 Å². The molecule has 0 aromatic heterocycles. The summed E-state index contributed by atoms with van der Waals surface area (Å²) in [5.74, 6) is 3.90. The molecule has 9 fully saturated rings. The fourth-order valence-electron chi connectivity index (χ4n) is 25.3. The van der Waals surface area contributed by atoms with Gasteiger partial charge in [0.2, 0.25) is 2.86 Å². The molecule has 12 heteroatoms. The minimum atomic E-state index is -1.34. The lowest BCUT2D eigenvalue weighted by molar-refractivity contribution is -0.142. The van der Waals surface area contributed by atoms with E-state index in [4.69, 9.17) is 21.0 Å². The number of carboxylic acids is 3. The Bertz CT molecular complexity index is 2850. The summed E-state index contributed by atoms with van der Waals surface area (Å²) in [6.45, 7) is 26.9. The van der Waals surface area contributed by atoms with Gasteiger partial charge in [-0.1, -0.05) is 158 Å². The maximum absolute atomic E-state index is 13.4. The van der Waals surface area contributed by atoms with Crippen LogP contribution in [0.1, 0.15) is 286 Å². The maximum atomic E-state index is 13.4. The SMILES string of the molecule is C.C[C@H](CCC[C@@H](C)[C@H]1CC[C@H]2[C@@H]3C(=O)C=C4C[C@@H](O)CC[C@]4(C)[C@H]3CC[C@]12C)C(=O)O.[2H]OC(=O)[C@H](C)CCC[C@@H](C)[C@H]1CC[C@H]2[C@H]3[C@H](CC[C@]12C)[C@@]1(C)CC[C@H](O)CC1=C[C@@]3([2H])O[2H].[2H]OC(=O)[C@H](C)CCC[C@@H](C)[C@H]1CC[C@H]2[C@H]3[C@H](CC[C@]12C)[C@@]1(C)CC[C@H](O)CC1=C[C@]3([2H])O[2H]. The average molecular weight is 1320 g/mol. The molecule has 29 atom stereocenters. The molecule has 0 bridgehead atoms. The quantitative estimate of drug-likeness (QED) is 0.0532. The number of fused-ring (bicyclic) bond motifs is 15. The van der Waals surface area contributed by atoms with E-state index < -0.39 is 30.1 Å². The van der Waals surface area contributed by atoms with Gasteiger partial charge in [-0.3, -0.25) is 19.2 Å². The third-order valence-corrected chi connectivity index (χ3v) is 31.2. The van der Waals surface area contributed by atoms with E-state index in [2.05, 4.69) is 72.5 Å². The smallest absolute Gasteiger partial charge is 0.306 e. The standard InChI is InChI=1S/2C27H44O4.C27H42O4.CH4/c3*1-16(6-5-7-17(2)25(30)31)20-8-9-21-24-22(11-13-27(20,21)4)26(3)12-10-19(28)14-18(26)15-23(24)29;/h2*15-17,19-24,28-29H,5-14H2,1-4H3,(H,30,31);15-17,19-22,24,28H,5-14H2,1-4H3,(H,30,31);1H4/t16-,17-,19+,20-,21+,22+,23+,24+,26+,27-;16-,17-,19+,20-,21+,22+,23-,24+,26+,27-;16-,17-,19+,20-,21+,22+,24+,26+,27-;/m111./s1/i2*23D,29D;;/hD2. The van der Waals surface area contributed by atoms with Crippen LogP contribution in [-0.4, -0.2) is 97.9 Å². The summed E-state index contributed by atoms with van der Waals surface area (Å²) in [6, 6.07) is 0. The monoisotopic (exact) mass is 1320 g/mol. The van der Waals surface area contributed by atoms with Gasteiger partial charge in [-0.2, -0.15) is 0 Å². The molecule has 0 aliphatic heterocycles. The first kappa shape index (κ1) is 67.0. The summed E-state index contributed by atoms with van der Waals surface area (Å²) in [5, 5.41) is 58.7. The van der Waals surface area contributed by atoms with Crippen molar-refractivity contribution in [1.29, 1.82) is 5.72 Å². The third-order valence-electron chi connectivity index (χ3n) is 31.2. The van der Waals surface area contributed by atoms with Crippen LogP contribution >= 0.6 is 0 Å². The molecular weight excluding hydrogens is 1180 g/mol. The van der Waals surface area contributed by atoms with Gasteiger partial charge >= 0.3 is 17.9 Å². The molecule has 0 aromatic carbocycles. The number of carbonyl (C=O) groups excluding carboxylic acids is 1. The highest BCUT2D eigenvalue weighted by atomic mass is 16.4. The van der Waals surface area contributed by atoms with Crippen molar-refractivity contribution in [2.75, 3.05) is 0 Å². The van der Waals surface area contributed by atoms with Gasteiger partial charge in [0.1, 0.15) is 0 Å². The molecule has 0 spiro atoms. The van der Waals surface area contributed by atoms with Crippen LogP contribution in [0.4, 0.5) is 0 Å². The van der Waals surface area contributed by atoms with E-state index in [1.54, 1.807) is 0 Å². The van der Waals surface area contributed by atoms with E-state index in [1.165, 1.54) is 18.4 Å². The summed E-state index contributed by atoms with van der Waals surface area (Å²) in [7, 11) is 0. The maximum Gasteiger partial charge on any atom is 0.306 e. The van der Waals surface area contributed by atoms with E-state index >= 15 is 0 Å². The van der Waals surface area contributed by atoms with Crippen molar-refractivity contribution in [3.63, 3.8) is 0 Å². The van der Waals surface area contributed by atoms with Crippen LogP contribution in [0.25, 0.3) is 2.86 Å². The van der Waals surface area contributed by atoms with Gasteiger partial charge in [0.05, 0.1) is 51.0 Å². The summed E-state index contributed by atoms with van der Waals surface area (Å²) in [5.41, 5.74) is 4.08. The van der Waals surface area contributed by atoms with Crippen molar-refractivity contribution in [2.45, 2.75) is 314 Å². The van der Waals surface area contributed by atoms with Gasteiger partial charge in [0, 0.05) is 5.92 Å². The predicted octanol–water partition coefficient (Wildman–Crippen LogP) is 17.1. The highest BCUT2D eigenvalue weighted by molar-refractivity contribution is 5.94. The third kappa shape index (κ3) is 14.0. The molecule has 12 rings (SSSR count). The summed E-state index contributed by atoms with van der Waals surface area (Å²) in [6.07, 6.45) is 31.4. The second kappa shape index (κ2) is 29.4. The Morgan fingerprint density at radius 3 is 1.17 bits per heavy atom. The molecule has 12 aliphatic carbocycles. The Morgan fingerprint density at radius 1 is 0.457 bits per heavy atom. The second-order valence-corrected chi connectivity index (χ2v) is 36.0. The lowest BCUT2D eigenvalue weighted by Gasteiger charge is -2.59. The number of ketones is 1. The Hall–Kier alpha value is -2.90. The normalized spacial score (nSPS) is 47.4. The molecule has 94 heavy (non-hydrogen) atoms. The number of rotatable bonds is 20. The van der Waals surface area contributed by atoms with Crippen molar-refractivity contribution >= 4 is 23.7 Å². The fourth-order valence-corrected chi connectivity index (χ4v) is 25.3. The van der Waals surface area contributed by atoms with Gasteiger partial charge in [-0.15, -0.1) is 0 Å². The van der Waals surface area contributed by atoms with Crippen molar-refractivity contribution in [2.24, 2.45) is 139 Å². The van der Waals surface area contributed by atoms with Crippen molar-refractivity contribution in [3.05, 3.63) is 34.9 Å². The molecule has 0 heterocycles. The van der Waals surface area contributed by atoms with Gasteiger partial charge in [-0.05, 0) is 276 Å². The van der Waals surface area contributed by atoms with Gasteiger partial charge in [0.15, 0.2) is 5.78 Å². The van der Waals surface area contributed by atoms with E-state index in [0.717, 1.165) is 172 Å². The molecule has 0 amide bonds. The molecule has 0 unspecified atom stereocenters. The van der Waals surface area contributed by atoms with Crippen molar-refractivity contribution < 1.29 is 62.8 Å². The molecule has 9 saturated carbocycles. The van der Waals surface area contributed by atoms with E-state index in [9.17, 15) is 37.2 Å². The van der Waals surface area contributed by atoms with Crippen molar-refractivity contribution in [3.8, 4) is 0 Å². The molecule has 12 aliphatic rings. The number of aliphatic hydroxyl groups excluding tert-OH is 3. The predicted molar refractivity (Wildman–Crippen MR) is 373 cm³/mol. The average Bonchev–Trinajstić information content (AvgIpc) is 1.27. The zero-order valence-electron chi connectivity index (χ0n) is 65.6. The van der Waals surface area contributed by atoms with Crippen LogP contribution in [0.2, 0.25) is 0 Å². The Balaban J connectivity index is 0.000000174. The minimum absolute atomic E-state index is 0. The number of allylic oxidation sites excluding steroid dienone is 1. The summed E-state index contributed by atoms with van der Waals surface area (Å²) < 4.78 is 48.0. The second-order valence-electron chi connectivity index (χ2n) is 36.0. The van der Waals surface area contributed by atoms with Gasteiger partial charge < -0.3 is 40.9 Å². The first-order valence-electron chi connectivity index (χ1n) is 40.8. The first-order valence-corrected chi connectivity index (χ1v) is 38.2. The zero-order valence-corrected chi connectivity index (χ0v) is 59.6. The number of aliphatic hydroxyl groups is 5. The van der Waals surface area contributed by atoms with E-state index in [1.807, 2.05) is 39.0 Å². The Labute approximate surface area is 577 Å². The molecule has 534 valence electrons. The molecule has 12 nitrogen and oxygen atoms in total. The molecule has 0 saturated heterocycles. The topological polar surface area (TPSA) is 230 Å². The fraction of sp³-hybridized carbons (Fsp3) is 0.878. The van der Waals surface area contributed by atoms with Gasteiger partial charge in [-0.25, -0.2) is 0 Å². The highest BCUT2D eigenvalue weighted by Crippen LogP contribution is 2.71. The largest absolute Gasteiger partial charge is 0.481 e. The van der Waals surface area contributed by atoms with E-state index in [-0.39, 0.29) is 93.7 Å². The number of aliphatic carboxylic acids is 3. The van der Waals surface area contributed by atoms with Crippen LogP contribution in [-0.2, 0) is 19.2 Å². The molecule has 0 radical (unpaired) electrons. The molecular formula is C82H134O12. The Kier molecular flexibility index (Phi) is 20.9. The summed E-state index contributed by atoms with van der Waals surface area (Å²) >= 11 is 0. The van der Waals surface area contributed by atoms with Crippen LogP contribution < -0.4 is 0 Å². The van der Waals surface area contributed by atoms with Crippen molar-refractivity contribution in [1.82, 2.24) is 0 Å². The lowest BCUT2D eigenvalue weighted by atomic mass is 9.46. The molecule has 8 N–H and O–H groups in total. The number of hydrogen-bond acceptors (Lipinski definition) is 11. The highest BCUT2D eigenvalue weighted by Gasteiger charge is 2.65. The minimum Gasteiger partial charge on any atom is -0.481 e. The first-order chi connectivity index (χ1) is 46.6. The van der Waals surface area contributed by atoms with Crippen LogP contribution in [0, 0.1) is 139 Å². The molecule has 0 aromatic rings. The zero-order chi connectivity index (χ0) is 72.3. The number of carboxylic acid groups (broad SMARTS) is 3. The number of carbonyl (C=O) groups is 4. The lowest BCUT2D eigenvalue weighted by Crippen LogP contribution is -2.54. The number of hydrogen-bond donors (Lipinski definition) is 8. The van der Waals surface area contributed by atoms with Crippen LogP contribution in [0.15, 0.2) is 34.9 Å². The van der Waals surface area contributed by atoms with Crippen LogP contribution in [0.3, 0.4) is 0 Å². The Morgan fingerprint density at radius 2 is 0.798 bits per heavy atom. The van der Waals surface area contributed by atoms with E-state index in [0.29, 0.717) is 96.1 Å². The summed E-state index contributed by atoms with van der Waals surface area (Å²) in [4.78, 5) is 47.7.